The number of nitrogens with zero attached hydrogens (tertiary/aromatic N) is 3. The monoisotopic (exact) mass is 670 g/mol. The molecule has 4 aromatic rings. The zero-order valence-corrected chi connectivity index (χ0v) is 30.1. The van der Waals surface area contributed by atoms with E-state index in [9.17, 15) is 14.4 Å². The summed E-state index contributed by atoms with van der Waals surface area (Å²) in [5, 5.41) is 3.22. The van der Waals surface area contributed by atoms with Crippen molar-refractivity contribution in [3.05, 3.63) is 95.1 Å². The normalized spacial score (nSPS) is 12.3. The number of anilines is 4. The number of amides is 3. The molecule has 10 heteroatoms. The smallest absolute Gasteiger partial charge is 0.398 e. The summed E-state index contributed by atoms with van der Waals surface area (Å²) in [4.78, 5) is 44.8. The molecule has 0 aromatic heterocycles. The number of hydrogen-bond acceptors (Lipinski definition) is 8. The Balaban J connectivity index is 0.000000266. The Morgan fingerprint density at radius 2 is 1.12 bits per heavy atom. The minimum atomic E-state index is -0.879. The number of hydrogen-bond donors (Lipinski definition) is 3. The van der Waals surface area contributed by atoms with Gasteiger partial charge in [-0.25, -0.2) is 4.79 Å². The molecule has 4 aromatic carbocycles. The summed E-state index contributed by atoms with van der Waals surface area (Å²) in [7, 11) is 8.05. The number of nitrogens with one attached hydrogen (secondary N) is 1. The van der Waals surface area contributed by atoms with Crippen molar-refractivity contribution in [2.24, 2.45) is 0 Å². The maximum Gasteiger partial charge on any atom is 0.436 e. The third kappa shape index (κ3) is 8.49. The van der Waals surface area contributed by atoms with Crippen LogP contribution in [0.3, 0.4) is 0 Å². The summed E-state index contributed by atoms with van der Waals surface area (Å²) in [6.07, 6.45) is 0.935. The van der Waals surface area contributed by atoms with Crippen molar-refractivity contribution in [3.8, 4) is 22.3 Å². The lowest BCUT2D eigenvalue weighted by molar-refractivity contribution is -0.170. The minimum Gasteiger partial charge on any atom is -0.398 e. The van der Waals surface area contributed by atoms with Crippen LogP contribution >= 0.6 is 12.5 Å². The van der Waals surface area contributed by atoms with Gasteiger partial charge >= 0.3 is 6.09 Å². The van der Waals surface area contributed by atoms with Crippen LogP contribution in [0.2, 0.25) is 0 Å². The number of hydroxylamine groups is 2. The van der Waals surface area contributed by atoms with Crippen LogP contribution in [0.5, 0.6) is 0 Å². The van der Waals surface area contributed by atoms with E-state index in [1.165, 1.54) is 22.4 Å². The largest absolute Gasteiger partial charge is 0.436 e. The first kappa shape index (κ1) is 35.9. The fraction of sp³-hybridized carbons (Fsp3) is 0.289. The van der Waals surface area contributed by atoms with Crippen molar-refractivity contribution in [2.75, 3.05) is 55.3 Å². The molecule has 1 heterocycles. The second-order valence-electron chi connectivity index (χ2n) is 11.8. The van der Waals surface area contributed by atoms with Crippen LogP contribution in [0.4, 0.5) is 27.5 Å². The summed E-state index contributed by atoms with van der Waals surface area (Å²) in [6, 6.07) is 24.0. The molecule has 0 saturated carbocycles. The van der Waals surface area contributed by atoms with Crippen molar-refractivity contribution >= 4 is 53.2 Å². The molecule has 0 radical (unpaired) electrons. The molecule has 3 N–H and O–H groups in total. The van der Waals surface area contributed by atoms with Gasteiger partial charge in [-0.1, -0.05) is 48.5 Å². The molecule has 3 amide bonds. The molecule has 0 bridgehead atoms. The van der Waals surface area contributed by atoms with Crippen LogP contribution in [0.25, 0.3) is 22.3 Å². The highest BCUT2D eigenvalue weighted by molar-refractivity contribution is 7.79. The maximum atomic E-state index is 12.4. The van der Waals surface area contributed by atoms with E-state index in [1.807, 2.05) is 75.3 Å². The van der Waals surface area contributed by atoms with E-state index < -0.39 is 17.9 Å². The first-order valence-corrected chi connectivity index (χ1v) is 16.4. The lowest BCUT2D eigenvalue weighted by atomic mass is 9.93. The van der Waals surface area contributed by atoms with Crippen molar-refractivity contribution in [1.29, 1.82) is 1.12 Å². The molecule has 1 fully saturated rings. The maximum absolute atomic E-state index is 12.4. The van der Waals surface area contributed by atoms with Gasteiger partial charge in [0.2, 0.25) is 0 Å². The van der Waals surface area contributed by atoms with Gasteiger partial charge in [-0.15, -0.1) is 5.06 Å². The molecular formula is C38H47N5O4S. The number of imide groups is 1. The Kier molecular flexibility index (Phi) is 12.5. The number of rotatable bonds is 6. The zero-order chi connectivity index (χ0) is 36.4. The highest BCUT2D eigenvalue weighted by atomic mass is 32.1. The molecule has 5 rings (SSSR count). The van der Waals surface area contributed by atoms with E-state index in [0.29, 0.717) is 10.8 Å². The van der Waals surface area contributed by atoms with E-state index in [2.05, 4.69) is 62.4 Å². The van der Waals surface area contributed by atoms with Gasteiger partial charge < -0.3 is 20.4 Å². The molecular weight excluding hydrogens is 623 g/mol. The topological polar surface area (TPSA) is 108 Å². The average molecular weight is 671 g/mol. The number of thiol groups is 1. The van der Waals surface area contributed by atoms with Crippen LogP contribution in [0, 0.1) is 27.7 Å². The standard InChI is InChI=1S/C21H23N3O4.C16H20N2.CH4S/c1-13-7-5-9-15(22-21(27)28-24-17(25)11-12-18(24)26)19(13)20-14(2)8-6-10-16(20)23(3)4;1-11-7-5-9-13(17)15(11)16-12(2)8-6-10-14(16)18(3)4;1-2/h5-10H,11-12H2,1-4H3,(H,22,27);5-10H,17H2,1-4H3;2H,1H3/i/hD. The molecule has 0 unspecified atom stereocenters. The van der Waals surface area contributed by atoms with Gasteiger partial charge in [-0.3, -0.25) is 14.9 Å². The second-order valence-corrected chi connectivity index (χ2v) is 11.8. The predicted molar refractivity (Wildman–Crippen MR) is 202 cm³/mol. The molecule has 1 saturated heterocycles. The second kappa shape index (κ2) is 16.7. The number of carbonyl (C=O) groups excluding carboxylic acids is 3. The van der Waals surface area contributed by atoms with E-state index in [0.717, 1.165) is 51.7 Å². The summed E-state index contributed by atoms with van der Waals surface area (Å²) >= 11 is 1.000. The van der Waals surface area contributed by atoms with Gasteiger partial charge in [0.1, 0.15) is 1.12 Å². The number of aryl methyl sites for hydroxylation is 4. The first-order chi connectivity index (χ1) is 23.2. The number of nitrogens with two attached hydrogens (primary N) is 1. The predicted octanol–water partition coefficient (Wildman–Crippen LogP) is 7.81. The molecule has 0 aliphatic carbocycles. The quantitative estimate of drug-likeness (QED) is 0.109. The summed E-state index contributed by atoms with van der Waals surface area (Å²) in [5.41, 5.74) is 18.5. The van der Waals surface area contributed by atoms with E-state index in [4.69, 9.17) is 11.7 Å². The Morgan fingerprint density at radius 1 is 0.729 bits per heavy atom. The van der Waals surface area contributed by atoms with Crippen molar-refractivity contribution in [1.82, 2.24) is 5.06 Å². The molecule has 0 atom stereocenters. The molecule has 9 nitrogen and oxygen atoms in total. The number of benzene rings is 4. The number of carbonyl (C=O) groups is 3. The average Bonchev–Trinajstić information content (AvgIpc) is 3.34. The van der Waals surface area contributed by atoms with Crippen molar-refractivity contribution < 1.29 is 19.2 Å². The van der Waals surface area contributed by atoms with Gasteiger partial charge in [0, 0.05) is 80.3 Å². The molecule has 48 heavy (non-hydrogen) atoms. The van der Waals surface area contributed by atoms with Gasteiger partial charge in [-0.2, -0.15) is 12.5 Å². The SMILES string of the molecule is Cc1cccc(N)c1-c1c(C)cccc1N(C)C.Cc1cccc(NC(=O)ON2C(=O)CCC2=O)c1-c1c(C)cccc1N(C)C.[2H]SC. The third-order valence-corrected chi connectivity index (χ3v) is 7.96. The van der Waals surface area contributed by atoms with Gasteiger partial charge in [-0.05, 0) is 80.5 Å². The highest BCUT2D eigenvalue weighted by Gasteiger charge is 2.33. The van der Waals surface area contributed by atoms with Crippen LogP contribution in [-0.2, 0) is 14.4 Å². The van der Waals surface area contributed by atoms with E-state index >= 15 is 0 Å². The molecule has 1 aliphatic heterocycles. The van der Waals surface area contributed by atoms with Crippen LogP contribution in [0.1, 0.15) is 35.1 Å². The van der Waals surface area contributed by atoms with Crippen LogP contribution < -0.4 is 20.9 Å². The Morgan fingerprint density at radius 3 is 1.58 bits per heavy atom. The van der Waals surface area contributed by atoms with Crippen LogP contribution in [0.15, 0.2) is 72.8 Å². The van der Waals surface area contributed by atoms with Crippen molar-refractivity contribution in [3.63, 3.8) is 0 Å². The summed E-state index contributed by atoms with van der Waals surface area (Å²) in [5.74, 6) is -1.03. The lowest BCUT2D eigenvalue weighted by Gasteiger charge is -2.23. The molecule has 254 valence electrons. The first-order valence-electron chi connectivity index (χ1n) is 16.0. The zero-order valence-electron chi connectivity index (χ0n) is 30.3. The lowest BCUT2D eigenvalue weighted by Crippen LogP contribution is -2.34. The highest BCUT2D eigenvalue weighted by Crippen LogP contribution is 2.40. The minimum absolute atomic E-state index is 0.0528. The van der Waals surface area contributed by atoms with Crippen LogP contribution in [-0.4, -0.2) is 58.5 Å². The summed E-state index contributed by atoms with van der Waals surface area (Å²) < 4.78 is 6.12. The third-order valence-electron chi connectivity index (χ3n) is 7.96. The Hall–Kier alpha value is -4.96. The summed E-state index contributed by atoms with van der Waals surface area (Å²) in [6.45, 7) is 8.22. The fourth-order valence-electron chi connectivity index (χ4n) is 5.71. The van der Waals surface area contributed by atoms with Gasteiger partial charge in [0.05, 0.1) is 5.69 Å². The van der Waals surface area contributed by atoms with Gasteiger partial charge in [0.25, 0.3) is 11.8 Å². The molecule has 0 spiro atoms. The van der Waals surface area contributed by atoms with E-state index in [1.54, 1.807) is 12.3 Å². The fourth-order valence-corrected chi connectivity index (χ4v) is 5.71. The number of nitrogen functional groups attached to an aromatic ring is 1. The van der Waals surface area contributed by atoms with E-state index in [-0.39, 0.29) is 12.8 Å². The van der Waals surface area contributed by atoms with Gasteiger partial charge in [0.15, 0.2) is 0 Å². The van der Waals surface area contributed by atoms with Crippen molar-refractivity contribution in [2.45, 2.75) is 40.5 Å². The molecule has 1 aliphatic rings. The Labute approximate surface area is 291 Å². The Bertz CT molecular complexity index is 1780.